The molecular weight excluding hydrogens is 253 g/mol. The van der Waals surface area contributed by atoms with Crippen molar-refractivity contribution < 1.29 is 9.13 Å². The number of aromatic nitrogens is 2. The van der Waals surface area contributed by atoms with E-state index in [-0.39, 0.29) is 17.6 Å². The monoisotopic (exact) mass is 261 g/mol. The van der Waals surface area contributed by atoms with E-state index in [9.17, 15) is 4.39 Å². The number of nitrogen functional groups attached to an aromatic ring is 1. The van der Waals surface area contributed by atoms with E-state index >= 15 is 0 Å². The van der Waals surface area contributed by atoms with E-state index in [2.05, 4.69) is 9.97 Å². The zero-order chi connectivity index (χ0) is 12.5. The maximum atomic E-state index is 13.5. The second-order valence-electron chi connectivity index (χ2n) is 3.56. The van der Waals surface area contributed by atoms with E-state index in [1.165, 1.54) is 23.5 Å². The number of rotatable bonds is 2. The molecule has 0 spiro atoms. The summed E-state index contributed by atoms with van der Waals surface area (Å²) in [7, 11) is 0. The smallest absolute Gasteiger partial charge is 0.233 e. The average Bonchev–Trinajstić information content (AvgIpc) is 2.80. The van der Waals surface area contributed by atoms with Crippen LogP contribution in [0.15, 0.2) is 35.7 Å². The number of nitrogens with two attached hydrogens (primary N) is 1. The Labute approximate surface area is 106 Å². The molecule has 0 aliphatic rings. The Morgan fingerprint density at radius 3 is 2.83 bits per heavy atom. The van der Waals surface area contributed by atoms with Gasteiger partial charge < -0.3 is 10.5 Å². The molecule has 2 aromatic heterocycles. The fraction of sp³-hybridized carbons (Fsp3) is 0. The van der Waals surface area contributed by atoms with E-state index in [4.69, 9.17) is 10.5 Å². The molecule has 2 heterocycles. The van der Waals surface area contributed by atoms with Crippen molar-refractivity contribution in [1.29, 1.82) is 0 Å². The predicted octanol–water partition coefficient (Wildman–Crippen LogP) is 3.20. The first kappa shape index (κ1) is 10.9. The molecule has 3 aromatic rings. The van der Waals surface area contributed by atoms with E-state index in [1.54, 1.807) is 12.1 Å². The maximum Gasteiger partial charge on any atom is 0.233 e. The van der Waals surface area contributed by atoms with Gasteiger partial charge in [-0.2, -0.15) is 4.98 Å². The van der Waals surface area contributed by atoms with Gasteiger partial charge in [0.25, 0.3) is 0 Å². The van der Waals surface area contributed by atoms with Gasteiger partial charge >= 0.3 is 0 Å². The molecule has 4 nitrogen and oxygen atoms in total. The third kappa shape index (κ3) is 1.86. The predicted molar refractivity (Wildman–Crippen MR) is 68.3 cm³/mol. The minimum Gasteiger partial charge on any atom is -0.435 e. The number of fused-ring (bicyclic) bond motifs is 1. The van der Waals surface area contributed by atoms with Crippen molar-refractivity contribution in [1.82, 2.24) is 9.97 Å². The number of benzene rings is 1. The number of hydrogen-bond donors (Lipinski definition) is 1. The average molecular weight is 261 g/mol. The summed E-state index contributed by atoms with van der Waals surface area (Å²) in [6.45, 7) is 0. The molecule has 0 unspecified atom stereocenters. The fourth-order valence-electron chi connectivity index (χ4n) is 1.55. The van der Waals surface area contributed by atoms with Crippen molar-refractivity contribution in [2.45, 2.75) is 0 Å². The molecule has 0 bridgehead atoms. The molecule has 3 rings (SSSR count). The molecule has 0 atom stereocenters. The van der Waals surface area contributed by atoms with Crippen LogP contribution >= 0.6 is 11.3 Å². The highest BCUT2D eigenvalue weighted by Gasteiger charge is 2.11. The summed E-state index contributed by atoms with van der Waals surface area (Å²) >= 11 is 1.43. The molecule has 1 aromatic carbocycles. The number of nitrogens with zero attached hydrogens (tertiary/aromatic N) is 2. The molecule has 0 amide bonds. The molecule has 0 radical (unpaired) electrons. The Morgan fingerprint density at radius 1 is 1.17 bits per heavy atom. The van der Waals surface area contributed by atoms with Crippen molar-refractivity contribution in [2.75, 3.05) is 5.73 Å². The van der Waals surface area contributed by atoms with Gasteiger partial charge in [0.2, 0.25) is 11.8 Å². The second kappa shape index (κ2) is 4.23. The van der Waals surface area contributed by atoms with Crippen LogP contribution in [0.2, 0.25) is 0 Å². The Bertz CT molecular complexity index is 713. The highest BCUT2D eigenvalue weighted by atomic mass is 32.1. The summed E-state index contributed by atoms with van der Waals surface area (Å²) in [4.78, 5) is 8.78. The van der Waals surface area contributed by atoms with Gasteiger partial charge in [-0.3, -0.25) is 0 Å². The van der Waals surface area contributed by atoms with Crippen LogP contribution < -0.4 is 10.5 Å². The lowest BCUT2D eigenvalue weighted by molar-refractivity contribution is 0.432. The fourth-order valence-corrected chi connectivity index (χ4v) is 2.31. The summed E-state index contributed by atoms with van der Waals surface area (Å²) in [6.07, 6.45) is 0. The minimum absolute atomic E-state index is 0.108. The third-order valence-corrected chi connectivity index (χ3v) is 3.16. The van der Waals surface area contributed by atoms with E-state index in [0.717, 1.165) is 5.39 Å². The zero-order valence-corrected chi connectivity index (χ0v) is 9.95. The van der Waals surface area contributed by atoms with Crippen molar-refractivity contribution in [3.05, 3.63) is 41.5 Å². The molecule has 0 aliphatic heterocycles. The molecule has 90 valence electrons. The van der Waals surface area contributed by atoms with Crippen LogP contribution in [0.1, 0.15) is 0 Å². The Kier molecular flexibility index (Phi) is 2.56. The molecule has 0 saturated heterocycles. The largest absolute Gasteiger partial charge is 0.435 e. The summed E-state index contributed by atoms with van der Waals surface area (Å²) in [5.41, 5.74) is 5.59. The molecular formula is C12H8FN3OS. The van der Waals surface area contributed by atoms with Gasteiger partial charge in [0, 0.05) is 0 Å². The summed E-state index contributed by atoms with van der Waals surface area (Å²) in [5.74, 6) is 0.0429. The third-order valence-electron chi connectivity index (χ3n) is 2.35. The Morgan fingerprint density at radius 2 is 2.00 bits per heavy atom. The molecule has 18 heavy (non-hydrogen) atoms. The number of anilines is 1. The lowest BCUT2D eigenvalue weighted by atomic mass is 10.3. The van der Waals surface area contributed by atoms with Gasteiger partial charge in [0.05, 0.1) is 5.39 Å². The van der Waals surface area contributed by atoms with Crippen LogP contribution in [-0.2, 0) is 0 Å². The Balaban J connectivity index is 2.10. The molecule has 0 saturated carbocycles. The second-order valence-corrected chi connectivity index (χ2v) is 4.45. The highest BCUT2D eigenvalue weighted by Crippen LogP contribution is 2.31. The summed E-state index contributed by atoms with van der Waals surface area (Å²) in [5, 5.41) is 2.57. The minimum atomic E-state index is -0.446. The molecule has 0 aliphatic carbocycles. The topological polar surface area (TPSA) is 61.0 Å². The van der Waals surface area contributed by atoms with E-state index < -0.39 is 5.82 Å². The normalized spacial score (nSPS) is 10.7. The lowest BCUT2D eigenvalue weighted by Crippen LogP contribution is -1.98. The van der Waals surface area contributed by atoms with Crippen molar-refractivity contribution in [3.8, 4) is 11.6 Å². The number of hydrogen-bond acceptors (Lipinski definition) is 5. The van der Waals surface area contributed by atoms with Crippen LogP contribution in [-0.4, -0.2) is 9.97 Å². The molecule has 0 fully saturated rings. The van der Waals surface area contributed by atoms with Gasteiger partial charge in [-0.05, 0) is 23.6 Å². The summed E-state index contributed by atoms with van der Waals surface area (Å²) < 4.78 is 19.0. The lowest BCUT2D eigenvalue weighted by Gasteiger charge is -2.06. The van der Waals surface area contributed by atoms with Gasteiger partial charge in [0.15, 0.2) is 11.6 Å². The van der Waals surface area contributed by atoms with Crippen molar-refractivity contribution in [2.24, 2.45) is 0 Å². The number of halogens is 1. The maximum absolute atomic E-state index is 13.5. The van der Waals surface area contributed by atoms with Crippen LogP contribution in [0.3, 0.4) is 0 Å². The highest BCUT2D eigenvalue weighted by molar-refractivity contribution is 7.16. The first-order chi connectivity index (χ1) is 8.74. The number of para-hydroxylation sites is 1. The van der Waals surface area contributed by atoms with Crippen LogP contribution in [0.5, 0.6) is 11.6 Å². The van der Waals surface area contributed by atoms with Gasteiger partial charge in [-0.1, -0.05) is 12.1 Å². The van der Waals surface area contributed by atoms with Gasteiger partial charge in [-0.15, -0.1) is 11.3 Å². The zero-order valence-electron chi connectivity index (χ0n) is 9.13. The van der Waals surface area contributed by atoms with E-state index in [1.807, 2.05) is 11.4 Å². The van der Waals surface area contributed by atoms with Crippen molar-refractivity contribution in [3.63, 3.8) is 0 Å². The van der Waals surface area contributed by atoms with Crippen molar-refractivity contribution >= 4 is 27.5 Å². The van der Waals surface area contributed by atoms with Crippen LogP contribution in [0.25, 0.3) is 10.2 Å². The SMILES string of the molecule is Nc1nc(Oc2ccccc2F)c2ccsc2n1. The Hall–Kier alpha value is -2.21. The van der Waals surface area contributed by atoms with E-state index in [0.29, 0.717) is 4.83 Å². The van der Waals surface area contributed by atoms with Gasteiger partial charge in [-0.25, -0.2) is 9.37 Å². The first-order valence-corrected chi connectivity index (χ1v) is 6.05. The molecule has 2 N–H and O–H groups in total. The number of thiophene rings is 1. The standard InChI is InChI=1S/C12H8FN3OS/c13-8-3-1-2-4-9(8)17-10-7-5-6-18-11(7)16-12(14)15-10/h1-6H,(H2,14,15,16). The van der Waals surface area contributed by atoms with Crippen LogP contribution in [0.4, 0.5) is 10.3 Å². The number of ether oxygens (including phenoxy) is 1. The quantitative estimate of drug-likeness (QED) is 0.769. The first-order valence-electron chi connectivity index (χ1n) is 5.17. The summed E-state index contributed by atoms with van der Waals surface area (Å²) in [6, 6.07) is 7.95. The molecule has 6 heteroatoms. The van der Waals surface area contributed by atoms with Crippen LogP contribution in [0, 0.1) is 5.82 Å². The van der Waals surface area contributed by atoms with Gasteiger partial charge in [0.1, 0.15) is 4.83 Å².